The molecule has 0 spiro atoms. The van der Waals surface area contributed by atoms with Crippen molar-refractivity contribution < 1.29 is 33.0 Å². The average Bonchev–Trinajstić information content (AvgIpc) is 2.99. The first-order valence-electron chi connectivity index (χ1n) is 9.54. The Morgan fingerprint density at radius 2 is 1.81 bits per heavy atom. The SMILES string of the molecule is COCCCN1C(=O)c2ccc(C(=O)OCC(=O)Nc3cc(F)ccc3C)cc2C1=O. The smallest absolute Gasteiger partial charge is 0.338 e. The molecule has 31 heavy (non-hydrogen) atoms. The van der Waals surface area contributed by atoms with E-state index in [9.17, 15) is 23.6 Å². The highest BCUT2D eigenvalue weighted by Crippen LogP contribution is 2.24. The second-order valence-corrected chi connectivity index (χ2v) is 6.95. The van der Waals surface area contributed by atoms with Gasteiger partial charge in [-0.1, -0.05) is 6.07 Å². The predicted octanol–water partition coefficient (Wildman–Crippen LogP) is 2.56. The highest BCUT2D eigenvalue weighted by Gasteiger charge is 2.35. The van der Waals surface area contributed by atoms with Crippen LogP contribution in [0.4, 0.5) is 10.1 Å². The van der Waals surface area contributed by atoms with E-state index in [1.54, 1.807) is 6.92 Å². The van der Waals surface area contributed by atoms with E-state index in [1.165, 1.54) is 37.4 Å². The van der Waals surface area contributed by atoms with Crippen molar-refractivity contribution in [3.8, 4) is 0 Å². The molecule has 1 heterocycles. The van der Waals surface area contributed by atoms with Crippen LogP contribution in [0.25, 0.3) is 0 Å². The fourth-order valence-corrected chi connectivity index (χ4v) is 3.12. The third-order valence-electron chi connectivity index (χ3n) is 4.74. The molecule has 0 bridgehead atoms. The number of nitrogens with one attached hydrogen (secondary N) is 1. The summed E-state index contributed by atoms with van der Waals surface area (Å²) in [4.78, 5) is 50.4. The van der Waals surface area contributed by atoms with Crippen molar-refractivity contribution in [1.29, 1.82) is 0 Å². The fourth-order valence-electron chi connectivity index (χ4n) is 3.12. The van der Waals surface area contributed by atoms with Gasteiger partial charge < -0.3 is 14.8 Å². The van der Waals surface area contributed by atoms with Gasteiger partial charge in [-0.25, -0.2) is 9.18 Å². The molecule has 0 unspecified atom stereocenters. The van der Waals surface area contributed by atoms with Gasteiger partial charge in [0.25, 0.3) is 17.7 Å². The minimum Gasteiger partial charge on any atom is -0.452 e. The van der Waals surface area contributed by atoms with Crippen LogP contribution in [-0.2, 0) is 14.3 Å². The first-order chi connectivity index (χ1) is 14.8. The van der Waals surface area contributed by atoms with Gasteiger partial charge in [-0.05, 0) is 49.2 Å². The topological polar surface area (TPSA) is 102 Å². The van der Waals surface area contributed by atoms with Crippen molar-refractivity contribution in [3.63, 3.8) is 0 Å². The number of rotatable bonds is 8. The summed E-state index contributed by atoms with van der Waals surface area (Å²) in [6.45, 7) is 1.71. The molecule has 1 N–H and O–H groups in total. The van der Waals surface area contributed by atoms with Crippen molar-refractivity contribution in [3.05, 3.63) is 64.5 Å². The maximum atomic E-state index is 13.3. The summed E-state index contributed by atoms with van der Waals surface area (Å²) in [5.41, 5.74) is 1.28. The van der Waals surface area contributed by atoms with E-state index in [1.807, 2.05) is 0 Å². The first kappa shape index (κ1) is 22.1. The molecule has 2 aromatic rings. The second kappa shape index (κ2) is 9.48. The molecule has 162 valence electrons. The Hall–Kier alpha value is -3.59. The third kappa shape index (κ3) is 4.95. The number of ether oxygens (including phenoxy) is 2. The van der Waals surface area contributed by atoms with Crippen molar-refractivity contribution in [2.45, 2.75) is 13.3 Å². The molecule has 1 aliphatic heterocycles. The lowest BCUT2D eigenvalue weighted by Gasteiger charge is -2.12. The van der Waals surface area contributed by atoms with Gasteiger partial charge in [0.2, 0.25) is 0 Å². The van der Waals surface area contributed by atoms with Gasteiger partial charge in [-0.2, -0.15) is 0 Å². The molecule has 0 saturated carbocycles. The molecule has 0 aromatic heterocycles. The Labute approximate surface area is 177 Å². The minimum atomic E-state index is -0.827. The zero-order valence-electron chi connectivity index (χ0n) is 17.1. The number of fused-ring (bicyclic) bond motifs is 1. The summed E-state index contributed by atoms with van der Waals surface area (Å²) in [7, 11) is 1.53. The fraction of sp³-hybridized carbons (Fsp3) is 0.273. The number of benzene rings is 2. The van der Waals surface area contributed by atoms with Crippen LogP contribution in [0.15, 0.2) is 36.4 Å². The van der Waals surface area contributed by atoms with Gasteiger partial charge in [-0.3, -0.25) is 19.3 Å². The van der Waals surface area contributed by atoms with Crippen LogP contribution in [-0.4, -0.2) is 55.5 Å². The van der Waals surface area contributed by atoms with Crippen molar-refractivity contribution >= 4 is 29.4 Å². The van der Waals surface area contributed by atoms with Gasteiger partial charge in [-0.15, -0.1) is 0 Å². The van der Waals surface area contributed by atoms with E-state index in [4.69, 9.17) is 9.47 Å². The predicted molar refractivity (Wildman–Crippen MR) is 108 cm³/mol. The van der Waals surface area contributed by atoms with Crippen LogP contribution in [0.1, 0.15) is 43.1 Å². The maximum Gasteiger partial charge on any atom is 0.338 e. The number of imide groups is 1. The number of halogens is 1. The molecule has 2 aromatic carbocycles. The molecule has 3 amide bonds. The Morgan fingerprint density at radius 3 is 2.55 bits per heavy atom. The van der Waals surface area contributed by atoms with Crippen LogP contribution in [0.5, 0.6) is 0 Å². The summed E-state index contributed by atoms with van der Waals surface area (Å²) >= 11 is 0. The van der Waals surface area contributed by atoms with Crippen LogP contribution in [0.2, 0.25) is 0 Å². The average molecular weight is 428 g/mol. The molecule has 8 nitrogen and oxygen atoms in total. The molecule has 9 heteroatoms. The summed E-state index contributed by atoms with van der Waals surface area (Å²) in [6.07, 6.45) is 0.497. The quantitative estimate of drug-likeness (QED) is 0.394. The van der Waals surface area contributed by atoms with E-state index in [0.717, 1.165) is 11.0 Å². The maximum absolute atomic E-state index is 13.3. The lowest BCUT2D eigenvalue weighted by atomic mass is 10.1. The number of esters is 1. The molecule has 0 fully saturated rings. The lowest BCUT2D eigenvalue weighted by molar-refractivity contribution is -0.119. The molecule has 1 aliphatic rings. The molecule has 0 atom stereocenters. The third-order valence-corrected chi connectivity index (χ3v) is 4.74. The highest BCUT2D eigenvalue weighted by molar-refractivity contribution is 6.22. The molecule has 3 rings (SSSR count). The summed E-state index contributed by atoms with van der Waals surface area (Å²) < 4.78 is 23.2. The molecule has 0 aliphatic carbocycles. The Balaban J connectivity index is 1.62. The number of hydrogen-bond acceptors (Lipinski definition) is 6. The van der Waals surface area contributed by atoms with Crippen LogP contribution in [0.3, 0.4) is 0 Å². The number of hydrogen-bond donors (Lipinski definition) is 1. The lowest BCUT2D eigenvalue weighted by Crippen LogP contribution is -2.31. The van der Waals surface area contributed by atoms with Gasteiger partial charge in [0.1, 0.15) is 5.82 Å². The van der Waals surface area contributed by atoms with Crippen molar-refractivity contribution in [1.82, 2.24) is 4.90 Å². The molecule has 0 radical (unpaired) electrons. The van der Waals surface area contributed by atoms with Gasteiger partial charge in [0.15, 0.2) is 6.61 Å². The standard InChI is InChI=1S/C22H21FN2O6/c1-13-4-6-15(23)11-18(13)24-19(26)12-31-22(29)14-5-7-16-17(10-14)21(28)25(20(16)27)8-3-9-30-2/h4-7,10-11H,3,8-9,12H2,1-2H3,(H,24,26). The van der Waals surface area contributed by atoms with Crippen molar-refractivity contribution in [2.75, 3.05) is 32.2 Å². The monoisotopic (exact) mass is 428 g/mol. The van der Waals surface area contributed by atoms with Crippen molar-refractivity contribution in [2.24, 2.45) is 0 Å². The van der Waals surface area contributed by atoms with Crippen LogP contribution in [0, 0.1) is 12.7 Å². The summed E-state index contributed by atoms with van der Waals surface area (Å²) in [5, 5.41) is 2.47. The second-order valence-electron chi connectivity index (χ2n) is 6.95. The van der Waals surface area contributed by atoms with E-state index in [2.05, 4.69) is 5.32 Å². The number of anilines is 1. The minimum absolute atomic E-state index is 0.0355. The summed E-state index contributed by atoms with van der Waals surface area (Å²) in [5.74, 6) is -2.90. The number of amides is 3. The molecule has 0 saturated heterocycles. The molecular weight excluding hydrogens is 407 g/mol. The zero-order valence-corrected chi connectivity index (χ0v) is 17.1. The largest absolute Gasteiger partial charge is 0.452 e. The van der Waals surface area contributed by atoms with E-state index in [0.29, 0.717) is 18.6 Å². The van der Waals surface area contributed by atoms with Crippen LogP contribution >= 0.6 is 0 Å². The number of nitrogens with zero attached hydrogens (tertiary/aromatic N) is 1. The first-order valence-corrected chi connectivity index (χ1v) is 9.54. The number of aryl methyl sites for hydroxylation is 1. The zero-order chi connectivity index (χ0) is 22.5. The van der Waals surface area contributed by atoms with E-state index < -0.39 is 36.1 Å². The normalized spacial score (nSPS) is 12.7. The number of methoxy groups -OCH3 is 1. The van der Waals surface area contributed by atoms with Gasteiger partial charge >= 0.3 is 5.97 Å². The number of carbonyl (C=O) groups excluding carboxylic acids is 4. The van der Waals surface area contributed by atoms with Gasteiger partial charge in [0.05, 0.1) is 16.7 Å². The number of carbonyl (C=O) groups is 4. The highest BCUT2D eigenvalue weighted by atomic mass is 19.1. The Morgan fingerprint density at radius 1 is 1.06 bits per heavy atom. The van der Waals surface area contributed by atoms with Crippen LogP contribution < -0.4 is 5.32 Å². The Bertz CT molecular complexity index is 1050. The summed E-state index contributed by atoms with van der Waals surface area (Å²) in [6, 6.07) is 7.97. The van der Waals surface area contributed by atoms with Gasteiger partial charge in [0, 0.05) is 25.9 Å². The van der Waals surface area contributed by atoms with E-state index >= 15 is 0 Å². The molecular formula is C22H21FN2O6. The Kier molecular flexibility index (Phi) is 6.76. The van der Waals surface area contributed by atoms with E-state index in [-0.39, 0.29) is 28.9 Å².